The number of hydrogen-bond donors (Lipinski definition) is 0. The van der Waals surface area contributed by atoms with E-state index in [1.54, 1.807) is 6.92 Å². The maximum Gasteiger partial charge on any atom is 0.122 e. The monoisotopic (exact) mass is 157 g/mol. The second kappa shape index (κ2) is 2.94. The van der Waals surface area contributed by atoms with Gasteiger partial charge in [-0.2, -0.15) is 0 Å². The molecule has 64 valence electrons. The van der Waals surface area contributed by atoms with Crippen molar-refractivity contribution in [2.24, 2.45) is 0 Å². The molecule has 0 N–H and O–H groups in total. The first-order chi connectivity index (χ1) is 4.99. The van der Waals surface area contributed by atoms with Crippen molar-refractivity contribution in [1.82, 2.24) is 4.90 Å². The molecule has 0 aromatic heterocycles. The van der Waals surface area contributed by atoms with Crippen molar-refractivity contribution in [1.29, 1.82) is 0 Å². The number of hydrogen-bond acceptors (Lipinski definition) is 1. The molecule has 1 aliphatic heterocycles. The Morgan fingerprint density at radius 3 is 2.73 bits per heavy atom. The first-order valence-electron chi connectivity index (χ1n) is 4.05. The van der Waals surface area contributed by atoms with Gasteiger partial charge in [0.1, 0.15) is 5.67 Å². The van der Waals surface area contributed by atoms with Gasteiger partial charge in [0, 0.05) is 19.6 Å². The topological polar surface area (TPSA) is 3.24 Å². The predicted molar refractivity (Wildman–Crippen MR) is 45.4 cm³/mol. The molecular weight excluding hydrogens is 141 g/mol. The van der Waals surface area contributed by atoms with Crippen LogP contribution in [0.2, 0.25) is 0 Å². The third-order valence-corrected chi connectivity index (χ3v) is 2.00. The van der Waals surface area contributed by atoms with Gasteiger partial charge >= 0.3 is 0 Å². The molecule has 1 aliphatic rings. The van der Waals surface area contributed by atoms with Gasteiger partial charge in [-0.3, -0.25) is 4.90 Å². The quantitative estimate of drug-likeness (QED) is 0.554. The fraction of sp³-hybridized carbons (Fsp3) is 0.778. The molecule has 0 saturated carbocycles. The SMILES string of the molecule is C=C(C)CN1CCC(C)(F)C1. The Morgan fingerprint density at radius 1 is 1.73 bits per heavy atom. The van der Waals surface area contributed by atoms with E-state index >= 15 is 0 Å². The van der Waals surface area contributed by atoms with Crippen LogP contribution in [-0.4, -0.2) is 30.2 Å². The van der Waals surface area contributed by atoms with Crippen LogP contribution in [0.3, 0.4) is 0 Å². The molecule has 0 aromatic rings. The van der Waals surface area contributed by atoms with E-state index in [9.17, 15) is 4.39 Å². The average molecular weight is 157 g/mol. The van der Waals surface area contributed by atoms with Gasteiger partial charge in [0.15, 0.2) is 0 Å². The van der Waals surface area contributed by atoms with E-state index in [2.05, 4.69) is 11.5 Å². The smallest absolute Gasteiger partial charge is 0.122 e. The highest BCUT2D eigenvalue weighted by molar-refractivity contribution is 4.96. The molecule has 0 radical (unpaired) electrons. The van der Waals surface area contributed by atoms with Crippen LogP contribution in [0.15, 0.2) is 12.2 Å². The zero-order valence-electron chi connectivity index (χ0n) is 7.36. The molecule has 0 spiro atoms. The Labute approximate surface area is 67.9 Å². The highest BCUT2D eigenvalue weighted by atomic mass is 19.1. The lowest BCUT2D eigenvalue weighted by atomic mass is 10.1. The normalized spacial score (nSPS) is 32.6. The minimum atomic E-state index is -0.963. The van der Waals surface area contributed by atoms with Gasteiger partial charge < -0.3 is 0 Å². The molecule has 1 saturated heterocycles. The van der Waals surface area contributed by atoms with E-state index in [-0.39, 0.29) is 0 Å². The Balaban J connectivity index is 2.36. The number of alkyl halides is 1. The van der Waals surface area contributed by atoms with Gasteiger partial charge in [0.2, 0.25) is 0 Å². The van der Waals surface area contributed by atoms with E-state index in [1.807, 2.05) is 6.92 Å². The Kier molecular flexibility index (Phi) is 2.33. The van der Waals surface area contributed by atoms with Crippen molar-refractivity contribution >= 4 is 0 Å². The van der Waals surface area contributed by atoms with E-state index in [0.717, 1.165) is 18.7 Å². The highest BCUT2D eigenvalue weighted by Crippen LogP contribution is 2.24. The predicted octanol–water partition coefficient (Wildman–Crippen LogP) is 2.00. The van der Waals surface area contributed by atoms with Gasteiger partial charge in [-0.15, -0.1) is 0 Å². The molecule has 0 bridgehead atoms. The zero-order valence-corrected chi connectivity index (χ0v) is 7.36. The lowest BCUT2D eigenvalue weighted by Crippen LogP contribution is -2.27. The van der Waals surface area contributed by atoms with Crippen molar-refractivity contribution in [3.05, 3.63) is 12.2 Å². The fourth-order valence-corrected chi connectivity index (χ4v) is 1.53. The van der Waals surface area contributed by atoms with Crippen molar-refractivity contribution in [2.45, 2.75) is 25.9 Å². The van der Waals surface area contributed by atoms with Crippen LogP contribution in [0, 0.1) is 0 Å². The van der Waals surface area contributed by atoms with E-state index in [4.69, 9.17) is 0 Å². The van der Waals surface area contributed by atoms with Crippen molar-refractivity contribution in [3.8, 4) is 0 Å². The van der Waals surface area contributed by atoms with E-state index < -0.39 is 5.67 Å². The van der Waals surface area contributed by atoms with Crippen LogP contribution in [0.4, 0.5) is 4.39 Å². The summed E-state index contributed by atoms with van der Waals surface area (Å²) in [5.41, 5.74) is 0.151. The zero-order chi connectivity index (χ0) is 8.48. The molecule has 1 unspecified atom stereocenters. The molecule has 1 nitrogen and oxygen atoms in total. The van der Waals surface area contributed by atoms with E-state index in [0.29, 0.717) is 13.0 Å². The van der Waals surface area contributed by atoms with Crippen LogP contribution in [0.1, 0.15) is 20.3 Å². The summed E-state index contributed by atoms with van der Waals surface area (Å²) < 4.78 is 13.2. The third-order valence-electron chi connectivity index (χ3n) is 2.00. The third kappa shape index (κ3) is 2.62. The summed E-state index contributed by atoms with van der Waals surface area (Å²) in [5.74, 6) is 0. The summed E-state index contributed by atoms with van der Waals surface area (Å²) in [7, 11) is 0. The maximum atomic E-state index is 13.2. The number of halogens is 1. The van der Waals surface area contributed by atoms with E-state index in [1.165, 1.54) is 0 Å². The maximum absolute atomic E-state index is 13.2. The first-order valence-corrected chi connectivity index (χ1v) is 4.05. The van der Waals surface area contributed by atoms with Gasteiger partial charge in [0.25, 0.3) is 0 Å². The van der Waals surface area contributed by atoms with Crippen molar-refractivity contribution in [2.75, 3.05) is 19.6 Å². The lowest BCUT2D eigenvalue weighted by molar-refractivity contribution is 0.193. The van der Waals surface area contributed by atoms with Gasteiger partial charge in [-0.05, 0) is 20.3 Å². The lowest BCUT2D eigenvalue weighted by Gasteiger charge is -2.16. The first kappa shape index (κ1) is 8.72. The standard InChI is InChI=1S/C9H16FN/c1-8(2)6-11-5-4-9(3,10)7-11/h1,4-7H2,2-3H3. The Hall–Kier alpha value is -0.370. The summed E-state index contributed by atoms with van der Waals surface area (Å²) in [6.07, 6.45) is 0.667. The largest absolute Gasteiger partial charge is 0.296 e. The molecule has 1 heterocycles. The van der Waals surface area contributed by atoms with Crippen LogP contribution >= 0.6 is 0 Å². The molecule has 11 heavy (non-hydrogen) atoms. The second-order valence-electron chi connectivity index (χ2n) is 3.83. The number of likely N-dealkylation sites (tertiary alicyclic amines) is 1. The van der Waals surface area contributed by atoms with Crippen LogP contribution in [0.25, 0.3) is 0 Å². The van der Waals surface area contributed by atoms with Crippen molar-refractivity contribution in [3.63, 3.8) is 0 Å². The molecule has 0 aliphatic carbocycles. The number of rotatable bonds is 2. The summed E-state index contributed by atoms with van der Waals surface area (Å²) in [6, 6.07) is 0. The van der Waals surface area contributed by atoms with Crippen molar-refractivity contribution < 1.29 is 4.39 Å². The van der Waals surface area contributed by atoms with Gasteiger partial charge in [-0.1, -0.05) is 12.2 Å². The second-order valence-corrected chi connectivity index (χ2v) is 3.83. The summed E-state index contributed by atoms with van der Waals surface area (Å²) in [5, 5.41) is 0. The molecule has 0 aromatic carbocycles. The molecule has 1 fully saturated rings. The van der Waals surface area contributed by atoms with Crippen LogP contribution in [0.5, 0.6) is 0 Å². The van der Waals surface area contributed by atoms with Gasteiger partial charge in [0.05, 0.1) is 0 Å². The summed E-state index contributed by atoms with van der Waals surface area (Å²) in [4.78, 5) is 2.11. The average Bonchev–Trinajstić information content (AvgIpc) is 2.08. The molecular formula is C9H16FN. The molecule has 1 atom stereocenters. The highest BCUT2D eigenvalue weighted by Gasteiger charge is 2.32. The summed E-state index contributed by atoms with van der Waals surface area (Å²) >= 11 is 0. The van der Waals surface area contributed by atoms with Crippen LogP contribution < -0.4 is 0 Å². The minimum Gasteiger partial charge on any atom is -0.296 e. The molecule has 2 heteroatoms. The molecule has 0 amide bonds. The van der Waals surface area contributed by atoms with Gasteiger partial charge in [-0.25, -0.2) is 4.39 Å². The Morgan fingerprint density at radius 2 is 2.36 bits per heavy atom. The van der Waals surface area contributed by atoms with Crippen LogP contribution in [-0.2, 0) is 0 Å². The minimum absolute atomic E-state index is 0.569. The fourth-order valence-electron chi connectivity index (χ4n) is 1.53. The molecule has 1 rings (SSSR count). The Bertz CT molecular complexity index is 163. The summed E-state index contributed by atoms with van der Waals surface area (Å²) in [6.45, 7) is 9.75. The number of nitrogens with zero attached hydrogens (tertiary/aromatic N) is 1.